The second kappa shape index (κ2) is 5.16. The Labute approximate surface area is 110 Å². The van der Waals surface area contributed by atoms with E-state index in [9.17, 15) is 0 Å². The highest BCUT2D eigenvalue weighted by molar-refractivity contribution is 5.83. The molecule has 1 aromatic carbocycles. The molecule has 0 spiro atoms. The smallest absolute Gasteiger partial charge is 0.176 e. The highest BCUT2D eigenvalue weighted by Gasteiger charge is 2.08. The van der Waals surface area contributed by atoms with Crippen LogP contribution in [0.1, 0.15) is 11.5 Å². The van der Waals surface area contributed by atoms with E-state index < -0.39 is 0 Å². The molecule has 0 aliphatic rings. The molecule has 0 radical (unpaired) electrons. The number of rotatable bonds is 5. The molecule has 0 aliphatic carbocycles. The molecule has 5 nitrogen and oxygen atoms in total. The summed E-state index contributed by atoms with van der Waals surface area (Å²) in [7, 11) is 1.65. The summed E-state index contributed by atoms with van der Waals surface area (Å²) in [5.74, 6) is 1.65. The average molecular weight is 257 g/mol. The van der Waals surface area contributed by atoms with Gasteiger partial charge in [-0.2, -0.15) is 0 Å². The van der Waals surface area contributed by atoms with Crippen LogP contribution in [0.5, 0.6) is 5.75 Å². The molecule has 5 heteroatoms. The van der Waals surface area contributed by atoms with Gasteiger partial charge in [0.05, 0.1) is 20.0 Å². The molecule has 0 fully saturated rings. The van der Waals surface area contributed by atoms with E-state index in [0.717, 1.165) is 34.7 Å². The van der Waals surface area contributed by atoms with Gasteiger partial charge in [-0.3, -0.25) is 0 Å². The summed E-state index contributed by atoms with van der Waals surface area (Å²) in [6, 6.07) is 7.89. The Morgan fingerprint density at radius 1 is 1.37 bits per heavy atom. The summed E-state index contributed by atoms with van der Waals surface area (Å²) in [5.41, 5.74) is 1.84. The van der Waals surface area contributed by atoms with Gasteiger partial charge in [-0.05, 0) is 12.1 Å². The van der Waals surface area contributed by atoms with Crippen molar-refractivity contribution in [3.63, 3.8) is 0 Å². The predicted molar refractivity (Wildman–Crippen MR) is 71.9 cm³/mol. The van der Waals surface area contributed by atoms with E-state index >= 15 is 0 Å². The van der Waals surface area contributed by atoms with Crippen LogP contribution in [-0.2, 0) is 13.1 Å². The number of ether oxygens (including phenoxy) is 1. The van der Waals surface area contributed by atoms with Gasteiger partial charge in [0, 0.05) is 23.8 Å². The zero-order chi connectivity index (χ0) is 13.1. The number of aromatic amines is 1. The Balaban J connectivity index is 1.71. The van der Waals surface area contributed by atoms with Crippen molar-refractivity contribution in [1.29, 1.82) is 0 Å². The first kappa shape index (κ1) is 11.8. The lowest BCUT2D eigenvalue weighted by atomic mass is 10.2. The van der Waals surface area contributed by atoms with Crippen molar-refractivity contribution in [3.05, 3.63) is 48.2 Å². The van der Waals surface area contributed by atoms with Crippen LogP contribution in [0.2, 0.25) is 0 Å². The molecule has 2 N–H and O–H groups in total. The quantitative estimate of drug-likeness (QED) is 0.737. The minimum atomic E-state index is 0.664. The summed E-state index contributed by atoms with van der Waals surface area (Å²) < 4.78 is 11.1. The highest BCUT2D eigenvalue weighted by atomic mass is 16.5. The first-order valence-electron chi connectivity index (χ1n) is 6.10. The van der Waals surface area contributed by atoms with E-state index in [0.29, 0.717) is 6.54 Å². The molecule has 0 saturated carbocycles. The number of hydrogen-bond acceptors (Lipinski definition) is 4. The van der Waals surface area contributed by atoms with E-state index in [2.05, 4.69) is 15.3 Å². The van der Waals surface area contributed by atoms with Crippen LogP contribution >= 0.6 is 0 Å². The fourth-order valence-electron chi connectivity index (χ4n) is 2.04. The molecule has 2 aromatic heterocycles. The number of nitrogens with zero attached hydrogens (tertiary/aromatic N) is 1. The number of fused-ring (bicyclic) bond motifs is 1. The summed E-state index contributed by atoms with van der Waals surface area (Å²) in [6.45, 7) is 1.39. The molecular weight excluding hydrogens is 242 g/mol. The Hall–Kier alpha value is -2.27. The predicted octanol–water partition coefficient (Wildman–Crippen LogP) is 2.45. The van der Waals surface area contributed by atoms with Gasteiger partial charge in [-0.15, -0.1) is 0 Å². The third kappa shape index (κ3) is 2.46. The summed E-state index contributed by atoms with van der Waals surface area (Å²) in [6.07, 6.45) is 3.47. The number of nitrogens with one attached hydrogen (secondary N) is 2. The maximum atomic E-state index is 5.80. The Bertz CT molecular complexity index is 658. The van der Waals surface area contributed by atoms with Gasteiger partial charge < -0.3 is 19.5 Å². The van der Waals surface area contributed by atoms with Gasteiger partial charge in [-0.25, -0.2) is 4.98 Å². The maximum absolute atomic E-state index is 5.80. The number of imidazole rings is 1. The van der Waals surface area contributed by atoms with Gasteiger partial charge in [0.1, 0.15) is 5.76 Å². The van der Waals surface area contributed by atoms with Crippen LogP contribution in [-0.4, -0.2) is 17.1 Å². The first-order chi connectivity index (χ1) is 9.36. The van der Waals surface area contributed by atoms with Crippen molar-refractivity contribution in [2.45, 2.75) is 13.1 Å². The number of hydrogen-bond donors (Lipinski definition) is 2. The molecule has 0 atom stereocenters. The molecule has 98 valence electrons. The van der Waals surface area contributed by atoms with Crippen molar-refractivity contribution in [1.82, 2.24) is 15.3 Å². The monoisotopic (exact) mass is 257 g/mol. The van der Waals surface area contributed by atoms with Crippen LogP contribution < -0.4 is 10.1 Å². The lowest BCUT2D eigenvalue weighted by molar-refractivity contribution is 0.406. The zero-order valence-electron chi connectivity index (χ0n) is 10.6. The van der Waals surface area contributed by atoms with E-state index in [-0.39, 0.29) is 0 Å². The minimum absolute atomic E-state index is 0.664. The Kier molecular flexibility index (Phi) is 3.20. The molecule has 0 bridgehead atoms. The van der Waals surface area contributed by atoms with E-state index in [1.807, 2.05) is 24.3 Å². The van der Waals surface area contributed by atoms with Gasteiger partial charge in [-0.1, -0.05) is 12.1 Å². The molecule has 2 heterocycles. The molecule has 3 aromatic rings. The fourth-order valence-corrected chi connectivity index (χ4v) is 2.04. The lowest BCUT2D eigenvalue weighted by Crippen LogP contribution is -2.12. The number of para-hydroxylation sites is 1. The minimum Gasteiger partial charge on any atom is -0.493 e. The van der Waals surface area contributed by atoms with Crippen molar-refractivity contribution < 1.29 is 9.15 Å². The third-order valence-corrected chi connectivity index (χ3v) is 2.95. The molecule has 0 unspecified atom stereocenters. The molecule has 0 amide bonds. The van der Waals surface area contributed by atoms with E-state index in [1.54, 1.807) is 19.6 Å². The summed E-state index contributed by atoms with van der Waals surface area (Å²) in [5, 5.41) is 4.35. The van der Waals surface area contributed by atoms with Crippen molar-refractivity contribution in [3.8, 4) is 5.75 Å². The van der Waals surface area contributed by atoms with Crippen LogP contribution in [0, 0.1) is 0 Å². The van der Waals surface area contributed by atoms with Crippen LogP contribution in [0.4, 0.5) is 0 Å². The Morgan fingerprint density at radius 3 is 3.11 bits per heavy atom. The normalized spacial score (nSPS) is 11.0. The second-order valence-corrected chi connectivity index (χ2v) is 4.27. The fraction of sp³-hybridized carbons (Fsp3) is 0.214. The van der Waals surface area contributed by atoms with Gasteiger partial charge in [0.15, 0.2) is 11.3 Å². The summed E-state index contributed by atoms with van der Waals surface area (Å²) >= 11 is 0. The molecular formula is C14H15N3O2. The molecule has 0 saturated heterocycles. The SMILES string of the molecule is COc1cccc2cc(CNCc3cnc[nH]3)oc12. The first-order valence-corrected chi connectivity index (χ1v) is 6.10. The van der Waals surface area contributed by atoms with E-state index in [1.165, 1.54) is 0 Å². The maximum Gasteiger partial charge on any atom is 0.176 e. The molecule has 3 rings (SSSR count). The topological polar surface area (TPSA) is 63.1 Å². The number of H-pyrrole nitrogens is 1. The standard InChI is InChI=1S/C14H15N3O2/c1-18-13-4-2-3-10-5-12(19-14(10)13)8-15-6-11-7-16-9-17-11/h2-5,7,9,15H,6,8H2,1H3,(H,16,17). The zero-order valence-corrected chi connectivity index (χ0v) is 10.6. The molecule has 0 aliphatic heterocycles. The van der Waals surface area contributed by atoms with Crippen molar-refractivity contribution in [2.24, 2.45) is 0 Å². The van der Waals surface area contributed by atoms with Gasteiger partial charge >= 0.3 is 0 Å². The Morgan fingerprint density at radius 2 is 2.32 bits per heavy atom. The van der Waals surface area contributed by atoms with Crippen molar-refractivity contribution in [2.75, 3.05) is 7.11 Å². The number of aromatic nitrogens is 2. The average Bonchev–Trinajstić information content (AvgIpc) is 3.06. The molecule has 19 heavy (non-hydrogen) atoms. The van der Waals surface area contributed by atoms with Crippen molar-refractivity contribution >= 4 is 11.0 Å². The highest BCUT2D eigenvalue weighted by Crippen LogP contribution is 2.28. The van der Waals surface area contributed by atoms with Gasteiger partial charge in [0.2, 0.25) is 0 Å². The number of furan rings is 1. The lowest BCUT2D eigenvalue weighted by Gasteiger charge is -2.00. The van der Waals surface area contributed by atoms with Crippen LogP contribution in [0.25, 0.3) is 11.0 Å². The van der Waals surface area contributed by atoms with E-state index in [4.69, 9.17) is 9.15 Å². The number of benzene rings is 1. The third-order valence-electron chi connectivity index (χ3n) is 2.95. The van der Waals surface area contributed by atoms with Crippen LogP contribution in [0.15, 0.2) is 41.2 Å². The largest absolute Gasteiger partial charge is 0.493 e. The second-order valence-electron chi connectivity index (χ2n) is 4.27. The van der Waals surface area contributed by atoms with Crippen LogP contribution in [0.3, 0.4) is 0 Å². The summed E-state index contributed by atoms with van der Waals surface area (Å²) in [4.78, 5) is 7.01. The number of methoxy groups -OCH3 is 1. The van der Waals surface area contributed by atoms with Gasteiger partial charge in [0.25, 0.3) is 0 Å².